The Labute approximate surface area is 219 Å². The second-order valence-corrected chi connectivity index (χ2v) is 12.2. The zero-order valence-corrected chi connectivity index (χ0v) is 22.8. The van der Waals surface area contributed by atoms with E-state index in [2.05, 4.69) is 26.1 Å². The fraction of sp³-hybridized carbons (Fsp3) is 0.345. The fourth-order valence-electron chi connectivity index (χ4n) is 4.07. The second-order valence-electron chi connectivity index (χ2n) is 10.3. The third-order valence-corrected chi connectivity index (χ3v) is 8.07. The van der Waals surface area contributed by atoms with Gasteiger partial charge in [0.05, 0.1) is 23.7 Å². The molecule has 37 heavy (non-hydrogen) atoms. The van der Waals surface area contributed by atoms with Gasteiger partial charge in [-0.1, -0.05) is 56.7 Å². The summed E-state index contributed by atoms with van der Waals surface area (Å²) >= 11 is 0. The van der Waals surface area contributed by atoms with E-state index in [-0.39, 0.29) is 30.0 Å². The number of nitrogens with zero attached hydrogens (tertiary/aromatic N) is 1. The zero-order chi connectivity index (χ0) is 26.8. The van der Waals surface area contributed by atoms with Gasteiger partial charge in [0.2, 0.25) is 0 Å². The van der Waals surface area contributed by atoms with E-state index >= 15 is 0 Å². The van der Waals surface area contributed by atoms with Crippen LogP contribution < -0.4 is 19.1 Å². The molecule has 3 aromatic rings. The lowest BCUT2D eigenvalue weighted by Crippen LogP contribution is -2.51. The number of nitrogens with one attached hydrogen (secondary N) is 1. The van der Waals surface area contributed by atoms with Crippen molar-refractivity contribution in [2.75, 3.05) is 24.0 Å². The van der Waals surface area contributed by atoms with Gasteiger partial charge in [-0.05, 0) is 66.8 Å². The van der Waals surface area contributed by atoms with E-state index < -0.39 is 22.0 Å². The summed E-state index contributed by atoms with van der Waals surface area (Å²) in [5.74, 6) is 0.677. The molecule has 1 unspecified atom stereocenters. The monoisotopic (exact) mass is 522 g/mol. The van der Waals surface area contributed by atoms with Gasteiger partial charge in [0.25, 0.3) is 15.9 Å². The van der Waals surface area contributed by atoms with Gasteiger partial charge in [0.1, 0.15) is 18.1 Å². The Morgan fingerprint density at radius 3 is 2.30 bits per heavy atom. The molecule has 0 aromatic heterocycles. The number of anilines is 1. The van der Waals surface area contributed by atoms with Crippen LogP contribution in [0.2, 0.25) is 0 Å². The molecule has 7 nitrogen and oxygen atoms in total. The maximum absolute atomic E-state index is 13.5. The summed E-state index contributed by atoms with van der Waals surface area (Å²) in [6.45, 7) is 10.6. The molecule has 3 aromatic carbocycles. The Hall–Kier alpha value is -3.52. The minimum Gasteiger partial charge on any atom is -0.492 e. The standard InChI is InChI=1S/C29H34N2O5S/c1-20-6-13-24(14-7-20)37(33,34)31-19-27(36-26-18-21(2)8-15-25(26)31)28(32)30-16-17-35-23-11-9-22(10-12-23)29(3,4)5/h6-15,18,27H,16-17,19H2,1-5H3,(H,30,32). The third-order valence-electron chi connectivity index (χ3n) is 6.28. The van der Waals surface area contributed by atoms with Crippen molar-refractivity contribution in [1.29, 1.82) is 0 Å². The van der Waals surface area contributed by atoms with E-state index in [9.17, 15) is 13.2 Å². The van der Waals surface area contributed by atoms with Crippen LogP contribution in [-0.4, -0.2) is 40.1 Å². The highest BCUT2D eigenvalue weighted by Crippen LogP contribution is 2.37. The van der Waals surface area contributed by atoms with Gasteiger partial charge in [0.15, 0.2) is 6.10 Å². The molecule has 0 saturated heterocycles. The second kappa shape index (κ2) is 10.5. The molecule has 1 aliphatic rings. The minimum atomic E-state index is -3.90. The van der Waals surface area contributed by atoms with Crippen molar-refractivity contribution in [2.24, 2.45) is 0 Å². The summed E-state index contributed by atoms with van der Waals surface area (Å²) in [7, 11) is -3.90. The number of fused-ring (bicyclic) bond motifs is 1. The summed E-state index contributed by atoms with van der Waals surface area (Å²) in [5, 5.41) is 2.81. The number of benzene rings is 3. The summed E-state index contributed by atoms with van der Waals surface area (Å²) in [6.07, 6.45) is -0.999. The van der Waals surface area contributed by atoms with E-state index in [1.807, 2.05) is 44.2 Å². The number of carbonyl (C=O) groups excluding carboxylic acids is 1. The molecule has 196 valence electrons. The number of rotatable bonds is 7. The highest BCUT2D eigenvalue weighted by atomic mass is 32.2. The van der Waals surface area contributed by atoms with Crippen molar-refractivity contribution >= 4 is 21.6 Å². The Balaban J connectivity index is 1.43. The quantitative estimate of drug-likeness (QED) is 0.453. The van der Waals surface area contributed by atoms with E-state index in [1.165, 1.54) is 9.87 Å². The lowest BCUT2D eigenvalue weighted by Gasteiger charge is -2.35. The van der Waals surface area contributed by atoms with Gasteiger partial charge in [-0.25, -0.2) is 8.42 Å². The number of ether oxygens (including phenoxy) is 2. The number of amides is 1. The first kappa shape index (κ1) is 26.5. The van der Waals surface area contributed by atoms with Gasteiger partial charge >= 0.3 is 0 Å². The average molecular weight is 523 g/mol. The average Bonchev–Trinajstić information content (AvgIpc) is 2.85. The number of hydrogen-bond acceptors (Lipinski definition) is 5. The Bertz CT molecular complexity index is 1360. The molecule has 0 radical (unpaired) electrons. The van der Waals surface area contributed by atoms with Gasteiger partial charge in [-0.3, -0.25) is 9.10 Å². The minimum absolute atomic E-state index is 0.0600. The van der Waals surface area contributed by atoms with Gasteiger partial charge in [-0.15, -0.1) is 0 Å². The van der Waals surface area contributed by atoms with Crippen molar-refractivity contribution in [1.82, 2.24) is 5.32 Å². The molecule has 1 aliphatic heterocycles. The molecule has 8 heteroatoms. The van der Waals surface area contributed by atoms with E-state index in [0.29, 0.717) is 11.4 Å². The molecule has 1 amide bonds. The van der Waals surface area contributed by atoms with Gasteiger partial charge in [-0.2, -0.15) is 0 Å². The van der Waals surface area contributed by atoms with E-state index in [1.54, 1.807) is 36.4 Å². The van der Waals surface area contributed by atoms with Crippen molar-refractivity contribution in [2.45, 2.75) is 51.0 Å². The molecular weight excluding hydrogens is 488 g/mol. The molecule has 1 atom stereocenters. The SMILES string of the molecule is Cc1ccc(S(=O)(=O)N2CC(C(=O)NCCOc3ccc(C(C)(C)C)cc3)Oc3cc(C)ccc32)cc1. The summed E-state index contributed by atoms with van der Waals surface area (Å²) in [6, 6.07) is 19.8. The van der Waals surface area contributed by atoms with Crippen molar-refractivity contribution in [3.8, 4) is 11.5 Å². The number of hydrogen-bond donors (Lipinski definition) is 1. The molecule has 4 rings (SSSR count). The van der Waals surface area contributed by atoms with Gasteiger partial charge < -0.3 is 14.8 Å². The Kier molecular flexibility index (Phi) is 7.50. The molecular formula is C29H34N2O5S. The van der Waals surface area contributed by atoms with Crippen LogP contribution in [0, 0.1) is 13.8 Å². The zero-order valence-electron chi connectivity index (χ0n) is 21.9. The molecule has 0 bridgehead atoms. The normalized spacial score (nSPS) is 15.5. The van der Waals surface area contributed by atoms with Crippen molar-refractivity contribution < 1.29 is 22.7 Å². The topological polar surface area (TPSA) is 84.9 Å². The van der Waals surface area contributed by atoms with Crippen LogP contribution in [-0.2, 0) is 20.2 Å². The molecule has 1 heterocycles. The Morgan fingerprint density at radius 2 is 1.65 bits per heavy atom. The third kappa shape index (κ3) is 6.07. The number of sulfonamides is 1. The van der Waals surface area contributed by atoms with Crippen LogP contribution in [0.5, 0.6) is 11.5 Å². The van der Waals surface area contributed by atoms with Crippen LogP contribution in [0.4, 0.5) is 5.69 Å². The summed E-state index contributed by atoms with van der Waals surface area (Å²) in [4.78, 5) is 13.2. The molecule has 0 saturated carbocycles. The predicted octanol–water partition coefficient (Wildman–Crippen LogP) is 4.75. The van der Waals surface area contributed by atoms with Crippen LogP contribution in [0.1, 0.15) is 37.5 Å². The first-order chi connectivity index (χ1) is 17.4. The number of aryl methyl sites for hydroxylation is 2. The van der Waals surface area contributed by atoms with Crippen LogP contribution >= 0.6 is 0 Å². The molecule has 1 N–H and O–H groups in total. The van der Waals surface area contributed by atoms with Crippen LogP contribution in [0.25, 0.3) is 0 Å². The summed E-state index contributed by atoms with van der Waals surface area (Å²) < 4.78 is 40.1. The highest BCUT2D eigenvalue weighted by molar-refractivity contribution is 7.92. The van der Waals surface area contributed by atoms with Crippen LogP contribution in [0.3, 0.4) is 0 Å². The first-order valence-electron chi connectivity index (χ1n) is 12.3. The smallest absolute Gasteiger partial charge is 0.264 e. The predicted molar refractivity (Wildman–Crippen MR) is 145 cm³/mol. The van der Waals surface area contributed by atoms with Crippen molar-refractivity contribution in [3.05, 3.63) is 83.4 Å². The van der Waals surface area contributed by atoms with Crippen LogP contribution in [0.15, 0.2) is 71.6 Å². The van der Waals surface area contributed by atoms with E-state index in [4.69, 9.17) is 9.47 Å². The fourth-order valence-corrected chi connectivity index (χ4v) is 5.55. The van der Waals surface area contributed by atoms with Gasteiger partial charge in [0, 0.05) is 0 Å². The summed E-state index contributed by atoms with van der Waals surface area (Å²) in [5.41, 5.74) is 3.55. The maximum atomic E-state index is 13.5. The molecule has 0 aliphatic carbocycles. The largest absolute Gasteiger partial charge is 0.492 e. The highest BCUT2D eigenvalue weighted by Gasteiger charge is 2.37. The van der Waals surface area contributed by atoms with E-state index in [0.717, 1.165) is 16.9 Å². The lowest BCUT2D eigenvalue weighted by atomic mass is 9.87. The first-order valence-corrected chi connectivity index (χ1v) is 13.8. The molecule has 0 spiro atoms. The Morgan fingerprint density at radius 1 is 1.00 bits per heavy atom. The van der Waals surface area contributed by atoms with Crippen molar-refractivity contribution in [3.63, 3.8) is 0 Å². The lowest BCUT2D eigenvalue weighted by molar-refractivity contribution is -0.127. The number of carbonyl (C=O) groups is 1. The molecule has 0 fully saturated rings. The maximum Gasteiger partial charge on any atom is 0.264 e.